The van der Waals surface area contributed by atoms with Crippen molar-refractivity contribution in [3.8, 4) is 0 Å². The van der Waals surface area contributed by atoms with Crippen LogP contribution in [-0.2, 0) is 4.79 Å². The van der Waals surface area contributed by atoms with Gasteiger partial charge in [0.05, 0.1) is 6.42 Å². The largest absolute Gasteiger partial charge is 0.481 e. The van der Waals surface area contributed by atoms with E-state index in [-0.39, 0.29) is 12.3 Å². The fourth-order valence-corrected chi connectivity index (χ4v) is 2.93. The molecule has 1 unspecified atom stereocenters. The summed E-state index contributed by atoms with van der Waals surface area (Å²) >= 11 is 0. The average Bonchev–Trinajstić information content (AvgIpc) is 2.49. The van der Waals surface area contributed by atoms with Gasteiger partial charge in [-0.15, -0.1) is 0 Å². The molecule has 0 radical (unpaired) electrons. The van der Waals surface area contributed by atoms with Gasteiger partial charge in [0.25, 0.3) is 0 Å². The molecule has 2 rings (SSSR count). The van der Waals surface area contributed by atoms with Crippen molar-refractivity contribution in [1.82, 2.24) is 0 Å². The van der Waals surface area contributed by atoms with Crippen LogP contribution in [0.3, 0.4) is 0 Å². The second-order valence-electron chi connectivity index (χ2n) is 5.68. The Hall–Kier alpha value is -2.13. The normalized spacial score (nSPS) is 13.9. The van der Waals surface area contributed by atoms with Crippen LogP contribution in [0.5, 0.6) is 0 Å². The smallest absolute Gasteiger partial charge is 0.303 e. The van der Waals surface area contributed by atoms with Gasteiger partial charge in [0, 0.05) is 11.3 Å². The summed E-state index contributed by atoms with van der Waals surface area (Å²) in [6.45, 7) is 2.26. The zero-order chi connectivity index (χ0) is 15.3. The minimum Gasteiger partial charge on any atom is -0.481 e. The van der Waals surface area contributed by atoms with Crippen molar-refractivity contribution < 1.29 is 9.90 Å². The fourth-order valence-electron chi connectivity index (χ4n) is 2.93. The van der Waals surface area contributed by atoms with Crippen LogP contribution in [0.4, 0.5) is 0 Å². The number of carboxylic acid groups (broad SMARTS) is 1. The summed E-state index contributed by atoms with van der Waals surface area (Å²) in [7, 11) is 0. The quantitative estimate of drug-likeness (QED) is 0.855. The first-order valence-corrected chi connectivity index (χ1v) is 7.08. The Balaban J connectivity index is 2.53. The van der Waals surface area contributed by atoms with E-state index in [1.165, 1.54) is 0 Å². The van der Waals surface area contributed by atoms with Gasteiger partial charge in [-0.2, -0.15) is 0 Å². The fraction of sp³-hybridized carbons (Fsp3) is 0.278. The molecule has 0 amide bonds. The number of carbonyl (C=O) groups is 1. The van der Waals surface area contributed by atoms with Crippen LogP contribution in [0, 0.1) is 5.41 Å². The van der Waals surface area contributed by atoms with Gasteiger partial charge in [0.1, 0.15) is 0 Å². The van der Waals surface area contributed by atoms with Crippen molar-refractivity contribution in [3.63, 3.8) is 0 Å². The van der Waals surface area contributed by atoms with E-state index in [4.69, 9.17) is 5.73 Å². The summed E-state index contributed by atoms with van der Waals surface area (Å²) in [6.07, 6.45) is 0.0396. The summed E-state index contributed by atoms with van der Waals surface area (Å²) in [5, 5.41) is 9.27. The summed E-state index contributed by atoms with van der Waals surface area (Å²) in [4.78, 5) is 11.3. The van der Waals surface area contributed by atoms with E-state index >= 15 is 0 Å². The summed E-state index contributed by atoms with van der Waals surface area (Å²) in [5.74, 6) is -0.860. The molecule has 0 heterocycles. The number of carboxylic acids is 1. The molecule has 0 aromatic heterocycles. The van der Waals surface area contributed by atoms with E-state index in [0.29, 0.717) is 6.54 Å². The summed E-state index contributed by atoms with van der Waals surface area (Å²) < 4.78 is 0. The molecular weight excluding hydrogens is 262 g/mol. The van der Waals surface area contributed by atoms with Crippen molar-refractivity contribution in [2.45, 2.75) is 19.3 Å². The van der Waals surface area contributed by atoms with E-state index in [1.807, 2.05) is 67.6 Å². The molecule has 110 valence electrons. The molecule has 2 aromatic carbocycles. The molecule has 0 aliphatic rings. The van der Waals surface area contributed by atoms with Crippen LogP contribution in [0.1, 0.15) is 30.4 Å². The van der Waals surface area contributed by atoms with Crippen LogP contribution in [0.2, 0.25) is 0 Å². The Morgan fingerprint density at radius 1 is 1.05 bits per heavy atom. The van der Waals surface area contributed by atoms with E-state index in [9.17, 15) is 9.90 Å². The van der Waals surface area contributed by atoms with Crippen molar-refractivity contribution in [2.24, 2.45) is 11.1 Å². The van der Waals surface area contributed by atoms with Crippen molar-refractivity contribution in [1.29, 1.82) is 0 Å². The van der Waals surface area contributed by atoms with Crippen LogP contribution >= 0.6 is 0 Å². The highest BCUT2D eigenvalue weighted by molar-refractivity contribution is 5.68. The van der Waals surface area contributed by atoms with Crippen LogP contribution in [0.15, 0.2) is 60.7 Å². The first kappa shape index (κ1) is 15.3. The Kier molecular flexibility index (Phi) is 4.76. The number of hydrogen-bond donors (Lipinski definition) is 2. The lowest BCUT2D eigenvalue weighted by atomic mass is 9.68. The average molecular weight is 283 g/mol. The highest BCUT2D eigenvalue weighted by Crippen LogP contribution is 2.42. The lowest BCUT2D eigenvalue weighted by molar-refractivity contribution is -0.139. The van der Waals surface area contributed by atoms with Gasteiger partial charge in [-0.05, 0) is 17.7 Å². The Bertz CT molecular complexity index is 543. The topological polar surface area (TPSA) is 63.3 Å². The standard InChI is InChI=1S/C18H21NO2/c1-18(13-19,12-16(20)21)17(14-8-4-2-5-9-14)15-10-6-3-7-11-15/h2-11,17H,12-13,19H2,1H3,(H,20,21). The predicted octanol–water partition coefficient (Wildman–Crippen LogP) is 3.26. The molecule has 0 spiro atoms. The van der Waals surface area contributed by atoms with Gasteiger partial charge in [-0.1, -0.05) is 67.6 Å². The molecule has 3 nitrogen and oxygen atoms in total. The SMILES string of the molecule is CC(CN)(CC(=O)O)C(c1ccccc1)c1ccccc1. The van der Waals surface area contributed by atoms with E-state index < -0.39 is 11.4 Å². The molecule has 1 atom stereocenters. The molecule has 21 heavy (non-hydrogen) atoms. The minimum absolute atomic E-state index is 0.0396. The lowest BCUT2D eigenvalue weighted by Gasteiger charge is -2.36. The van der Waals surface area contributed by atoms with Gasteiger partial charge < -0.3 is 10.8 Å². The zero-order valence-electron chi connectivity index (χ0n) is 12.2. The molecular formula is C18H21NO2. The van der Waals surface area contributed by atoms with E-state index in [1.54, 1.807) is 0 Å². The molecule has 2 aromatic rings. The Labute approximate surface area is 125 Å². The summed E-state index contributed by atoms with van der Waals surface area (Å²) in [6, 6.07) is 20.0. The first-order chi connectivity index (χ1) is 10.1. The second kappa shape index (κ2) is 6.55. The maximum atomic E-state index is 11.3. The highest BCUT2D eigenvalue weighted by Gasteiger charge is 2.37. The Morgan fingerprint density at radius 3 is 1.81 bits per heavy atom. The molecule has 0 aliphatic carbocycles. The van der Waals surface area contributed by atoms with Gasteiger partial charge in [0.2, 0.25) is 0 Å². The van der Waals surface area contributed by atoms with E-state index in [2.05, 4.69) is 0 Å². The van der Waals surface area contributed by atoms with Crippen molar-refractivity contribution >= 4 is 5.97 Å². The minimum atomic E-state index is -0.820. The molecule has 0 bridgehead atoms. The number of aliphatic carboxylic acids is 1. The van der Waals surface area contributed by atoms with Gasteiger partial charge >= 0.3 is 5.97 Å². The summed E-state index contributed by atoms with van der Waals surface area (Å²) in [5.41, 5.74) is 7.62. The van der Waals surface area contributed by atoms with Gasteiger partial charge in [0.15, 0.2) is 0 Å². The first-order valence-electron chi connectivity index (χ1n) is 7.08. The van der Waals surface area contributed by atoms with Gasteiger partial charge in [-0.25, -0.2) is 0 Å². The Morgan fingerprint density at radius 2 is 1.48 bits per heavy atom. The zero-order valence-corrected chi connectivity index (χ0v) is 12.2. The number of rotatable bonds is 6. The molecule has 0 fully saturated rings. The molecule has 0 aliphatic heterocycles. The molecule has 0 saturated heterocycles. The lowest BCUT2D eigenvalue weighted by Crippen LogP contribution is -2.36. The number of nitrogens with two attached hydrogens (primary N) is 1. The predicted molar refractivity (Wildman–Crippen MR) is 84.1 cm³/mol. The van der Waals surface area contributed by atoms with Crippen LogP contribution in [-0.4, -0.2) is 17.6 Å². The van der Waals surface area contributed by atoms with Gasteiger partial charge in [-0.3, -0.25) is 4.79 Å². The van der Waals surface area contributed by atoms with Crippen LogP contribution in [0.25, 0.3) is 0 Å². The highest BCUT2D eigenvalue weighted by atomic mass is 16.4. The third-order valence-corrected chi connectivity index (χ3v) is 3.98. The number of benzene rings is 2. The molecule has 0 saturated carbocycles. The van der Waals surface area contributed by atoms with Crippen LogP contribution < -0.4 is 5.73 Å². The maximum absolute atomic E-state index is 11.3. The second-order valence-corrected chi connectivity index (χ2v) is 5.68. The molecule has 3 heteroatoms. The molecule has 3 N–H and O–H groups in total. The van der Waals surface area contributed by atoms with E-state index in [0.717, 1.165) is 11.1 Å². The third-order valence-electron chi connectivity index (χ3n) is 3.98. The van der Waals surface area contributed by atoms with Crippen molar-refractivity contribution in [2.75, 3.05) is 6.54 Å². The monoisotopic (exact) mass is 283 g/mol. The maximum Gasteiger partial charge on any atom is 0.303 e. The third kappa shape index (κ3) is 3.50. The van der Waals surface area contributed by atoms with Crippen molar-refractivity contribution in [3.05, 3.63) is 71.8 Å². The number of hydrogen-bond acceptors (Lipinski definition) is 2.